The van der Waals surface area contributed by atoms with Crippen LogP contribution in [0.4, 0.5) is 0 Å². The smallest absolute Gasteiger partial charge is 0.149 e. The van der Waals surface area contributed by atoms with Gasteiger partial charge in [-0.15, -0.1) is 0 Å². The van der Waals surface area contributed by atoms with Gasteiger partial charge in [0.25, 0.3) is 0 Å². The zero-order valence-corrected chi connectivity index (χ0v) is 7.95. The molecule has 0 radical (unpaired) electrons. The van der Waals surface area contributed by atoms with Crippen molar-refractivity contribution in [3.63, 3.8) is 0 Å². The van der Waals surface area contributed by atoms with Crippen molar-refractivity contribution < 1.29 is 9.53 Å². The van der Waals surface area contributed by atoms with Gasteiger partial charge in [-0.3, -0.25) is 0 Å². The van der Waals surface area contributed by atoms with Crippen LogP contribution in [0.25, 0.3) is 0 Å². The number of hydrogen-bond acceptors (Lipinski definition) is 2. The highest BCUT2D eigenvalue weighted by Crippen LogP contribution is 2.30. The van der Waals surface area contributed by atoms with E-state index >= 15 is 0 Å². The van der Waals surface area contributed by atoms with Crippen molar-refractivity contribution in [3.05, 3.63) is 0 Å². The van der Waals surface area contributed by atoms with E-state index in [0.29, 0.717) is 5.92 Å². The Balaban J connectivity index is 2.37. The minimum absolute atomic E-state index is 0.155. The summed E-state index contributed by atoms with van der Waals surface area (Å²) in [5, 5.41) is 0. The van der Waals surface area contributed by atoms with E-state index in [4.69, 9.17) is 4.74 Å². The van der Waals surface area contributed by atoms with Crippen LogP contribution in [-0.2, 0) is 9.53 Å². The second kappa shape index (κ2) is 4.61. The molecular weight excluding hydrogens is 152 g/mol. The molecule has 0 aromatic rings. The third-order valence-corrected chi connectivity index (χ3v) is 2.93. The standard InChI is InChI=1S/C10H18O2/c1-8-3-5-9(6-4-8)10(7-11)12-2/h7-10H,3-6H2,1-2H3. The Morgan fingerprint density at radius 2 is 1.92 bits per heavy atom. The summed E-state index contributed by atoms with van der Waals surface area (Å²) < 4.78 is 5.11. The number of methoxy groups -OCH3 is 1. The number of hydrogen-bond donors (Lipinski definition) is 0. The Kier molecular flexibility index (Phi) is 3.73. The lowest BCUT2D eigenvalue weighted by molar-refractivity contribution is -0.120. The highest BCUT2D eigenvalue weighted by atomic mass is 16.5. The number of rotatable bonds is 3. The molecule has 0 aromatic carbocycles. The predicted octanol–water partition coefficient (Wildman–Crippen LogP) is 2.03. The molecule has 1 aliphatic rings. The summed E-state index contributed by atoms with van der Waals surface area (Å²) >= 11 is 0. The summed E-state index contributed by atoms with van der Waals surface area (Å²) in [4.78, 5) is 10.6. The summed E-state index contributed by atoms with van der Waals surface area (Å²) in [6.45, 7) is 2.28. The molecule has 12 heavy (non-hydrogen) atoms. The zero-order chi connectivity index (χ0) is 8.97. The molecule has 0 heterocycles. The van der Waals surface area contributed by atoms with Crippen molar-refractivity contribution in [1.29, 1.82) is 0 Å². The van der Waals surface area contributed by atoms with Crippen molar-refractivity contribution in [2.24, 2.45) is 11.8 Å². The number of carbonyl (C=O) groups is 1. The van der Waals surface area contributed by atoms with E-state index in [1.165, 1.54) is 12.8 Å². The first kappa shape index (κ1) is 9.72. The van der Waals surface area contributed by atoms with Crippen molar-refractivity contribution in [2.75, 3.05) is 7.11 Å². The van der Waals surface area contributed by atoms with Crippen molar-refractivity contribution in [2.45, 2.75) is 38.7 Å². The molecular formula is C10H18O2. The van der Waals surface area contributed by atoms with E-state index in [9.17, 15) is 4.79 Å². The molecule has 0 spiro atoms. The van der Waals surface area contributed by atoms with Gasteiger partial charge in [0.2, 0.25) is 0 Å². The molecule has 70 valence electrons. The number of ether oxygens (including phenoxy) is 1. The minimum Gasteiger partial charge on any atom is -0.374 e. The van der Waals surface area contributed by atoms with E-state index in [-0.39, 0.29) is 6.10 Å². The summed E-state index contributed by atoms with van der Waals surface area (Å²) in [5.74, 6) is 1.31. The van der Waals surface area contributed by atoms with Crippen LogP contribution >= 0.6 is 0 Å². The molecule has 0 aromatic heterocycles. The lowest BCUT2D eigenvalue weighted by atomic mass is 9.80. The third-order valence-electron chi connectivity index (χ3n) is 2.93. The second-order valence-corrected chi connectivity index (χ2v) is 3.86. The van der Waals surface area contributed by atoms with Gasteiger partial charge in [0.15, 0.2) is 0 Å². The summed E-state index contributed by atoms with van der Waals surface area (Å²) in [6.07, 6.45) is 5.59. The van der Waals surface area contributed by atoms with Crippen LogP contribution in [0, 0.1) is 11.8 Å². The van der Waals surface area contributed by atoms with Crippen LogP contribution in [-0.4, -0.2) is 19.5 Å². The first-order valence-electron chi connectivity index (χ1n) is 4.76. The monoisotopic (exact) mass is 170 g/mol. The predicted molar refractivity (Wildman–Crippen MR) is 48.0 cm³/mol. The molecule has 0 aliphatic heterocycles. The van der Waals surface area contributed by atoms with Gasteiger partial charge in [-0.2, -0.15) is 0 Å². The molecule has 0 amide bonds. The first-order valence-corrected chi connectivity index (χ1v) is 4.76. The van der Waals surface area contributed by atoms with Gasteiger partial charge in [0, 0.05) is 7.11 Å². The Morgan fingerprint density at radius 1 is 1.33 bits per heavy atom. The molecule has 1 saturated carbocycles. The zero-order valence-electron chi connectivity index (χ0n) is 7.95. The quantitative estimate of drug-likeness (QED) is 0.606. The van der Waals surface area contributed by atoms with Crippen molar-refractivity contribution in [1.82, 2.24) is 0 Å². The van der Waals surface area contributed by atoms with Crippen LogP contribution in [0.15, 0.2) is 0 Å². The normalized spacial score (nSPS) is 32.8. The second-order valence-electron chi connectivity index (χ2n) is 3.86. The maximum Gasteiger partial charge on any atom is 0.149 e. The number of carbonyl (C=O) groups excluding carboxylic acids is 1. The third kappa shape index (κ3) is 2.31. The van der Waals surface area contributed by atoms with Crippen LogP contribution in [0.2, 0.25) is 0 Å². The SMILES string of the molecule is COC(C=O)C1CCC(C)CC1. The van der Waals surface area contributed by atoms with Gasteiger partial charge in [-0.05, 0) is 24.7 Å². The highest BCUT2D eigenvalue weighted by molar-refractivity contribution is 5.56. The molecule has 0 bridgehead atoms. The van der Waals surface area contributed by atoms with E-state index < -0.39 is 0 Å². The van der Waals surface area contributed by atoms with Crippen molar-refractivity contribution >= 4 is 6.29 Å². The molecule has 1 unspecified atom stereocenters. The van der Waals surface area contributed by atoms with Gasteiger partial charge in [-0.1, -0.05) is 19.8 Å². The van der Waals surface area contributed by atoms with Gasteiger partial charge < -0.3 is 9.53 Å². The average molecular weight is 170 g/mol. The highest BCUT2D eigenvalue weighted by Gasteiger charge is 2.25. The lowest BCUT2D eigenvalue weighted by Crippen LogP contribution is -2.27. The van der Waals surface area contributed by atoms with Gasteiger partial charge in [0.05, 0.1) is 0 Å². The van der Waals surface area contributed by atoms with Crippen LogP contribution in [0.1, 0.15) is 32.6 Å². The van der Waals surface area contributed by atoms with Crippen LogP contribution < -0.4 is 0 Å². The van der Waals surface area contributed by atoms with Crippen LogP contribution in [0.5, 0.6) is 0 Å². The van der Waals surface area contributed by atoms with E-state index in [0.717, 1.165) is 25.0 Å². The molecule has 1 fully saturated rings. The lowest BCUT2D eigenvalue weighted by Gasteiger charge is -2.28. The Bertz CT molecular complexity index is 137. The maximum atomic E-state index is 10.6. The Hall–Kier alpha value is -0.370. The van der Waals surface area contributed by atoms with E-state index in [1.807, 2.05) is 0 Å². The molecule has 0 N–H and O–H groups in total. The van der Waals surface area contributed by atoms with Crippen molar-refractivity contribution in [3.8, 4) is 0 Å². The summed E-state index contributed by atoms with van der Waals surface area (Å²) in [7, 11) is 1.62. The summed E-state index contributed by atoms with van der Waals surface area (Å²) in [5.41, 5.74) is 0. The van der Waals surface area contributed by atoms with E-state index in [2.05, 4.69) is 6.92 Å². The fourth-order valence-corrected chi connectivity index (χ4v) is 1.97. The molecule has 1 aliphatic carbocycles. The Labute approximate surface area is 74.3 Å². The fraction of sp³-hybridized carbons (Fsp3) is 0.900. The number of aldehydes is 1. The average Bonchev–Trinajstić information content (AvgIpc) is 2.10. The Morgan fingerprint density at radius 3 is 2.33 bits per heavy atom. The summed E-state index contributed by atoms with van der Waals surface area (Å²) in [6, 6.07) is 0. The first-order chi connectivity index (χ1) is 5.77. The largest absolute Gasteiger partial charge is 0.374 e. The van der Waals surface area contributed by atoms with Gasteiger partial charge in [0.1, 0.15) is 12.4 Å². The molecule has 1 rings (SSSR count). The fourth-order valence-electron chi connectivity index (χ4n) is 1.97. The van der Waals surface area contributed by atoms with Gasteiger partial charge in [-0.25, -0.2) is 0 Å². The molecule has 2 heteroatoms. The molecule has 2 nitrogen and oxygen atoms in total. The van der Waals surface area contributed by atoms with Crippen LogP contribution in [0.3, 0.4) is 0 Å². The molecule has 1 atom stereocenters. The molecule has 0 saturated heterocycles. The topological polar surface area (TPSA) is 26.3 Å². The van der Waals surface area contributed by atoms with Gasteiger partial charge >= 0.3 is 0 Å². The maximum absolute atomic E-state index is 10.6. The minimum atomic E-state index is -0.155. The van der Waals surface area contributed by atoms with E-state index in [1.54, 1.807) is 7.11 Å².